The Morgan fingerprint density at radius 1 is 1.16 bits per heavy atom. The molecule has 1 heterocycles. The molecular weight excluding hydrogens is 418 g/mol. The number of carbonyl (C=O) groups excluding carboxylic acids is 1. The van der Waals surface area contributed by atoms with Gasteiger partial charge in [0.15, 0.2) is 11.5 Å². The molecule has 0 aliphatic carbocycles. The van der Waals surface area contributed by atoms with Crippen LogP contribution in [0.25, 0.3) is 10.6 Å². The number of rotatable bonds is 9. The van der Waals surface area contributed by atoms with Gasteiger partial charge in [0.1, 0.15) is 5.01 Å². The van der Waals surface area contributed by atoms with Gasteiger partial charge in [-0.2, -0.15) is 0 Å². The van der Waals surface area contributed by atoms with Gasteiger partial charge in [0, 0.05) is 23.1 Å². The average Bonchev–Trinajstić information content (AvgIpc) is 3.21. The molecule has 0 radical (unpaired) electrons. The summed E-state index contributed by atoms with van der Waals surface area (Å²) in [5, 5.41) is 16.9. The van der Waals surface area contributed by atoms with Gasteiger partial charge >= 0.3 is 0 Å². The van der Waals surface area contributed by atoms with Gasteiger partial charge in [-0.3, -0.25) is 14.9 Å². The lowest BCUT2D eigenvalue weighted by molar-refractivity contribution is -0.385. The molecule has 9 heteroatoms. The minimum atomic E-state index is -0.471. The Morgan fingerprint density at radius 2 is 1.84 bits per heavy atom. The smallest absolute Gasteiger partial charge is 0.276 e. The Labute approximate surface area is 184 Å². The molecule has 0 saturated carbocycles. The largest absolute Gasteiger partial charge is 0.493 e. The second-order valence-corrected chi connectivity index (χ2v) is 7.74. The number of methoxy groups -OCH3 is 2. The number of nitro groups is 1. The van der Waals surface area contributed by atoms with E-state index in [9.17, 15) is 14.9 Å². The highest BCUT2D eigenvalue weighted by Crippen LogP contribution is 2.34. The molecular formula is C22H23N3O5S. The van der Waals surface area contributed by atoms with E-state index in [1.807, 2.05) is 36.6 Å². The molecule has 2 aromatic carbocycles. The first kappa shape index (κ1) is 22.2. The number of hydrogen-bond donors (Lipinski definition) is 1. The van der Waals surface area contributed by atoms with Gasteiger partial charge in [-0.15, -0.1) is 11.3 Å². The number of amides is 1. The summed E-state index contributed by atoms with van der Waals surface area (Å²) in [7, 11) is 2.89. The molecule has 0 aliphatic rings. The highest BCUT2D eigenvalue weighted by atomic mass is 32.1. The third-order valence-electron chi connectivity index (χ3n) is 4.69. The van der Waals surface area contributed by atoms with Crippen molar-refractivity contribution in [1.29, 1.82) is 0 Å². The van der Waals surface area contributed by atoms with Crippen LogP contribution in [-0.4, -0.2) is 36.6 Å². The molecule has 0 fully saturated rings. The van der Waals surface area contributed by atoms with Crippen molar-refractivity contribution in [2.75, 3.05) is 20.8 Å². The second-order valence-electron chi connectivity index (χ2n) is 6.88. The zero-order chi connectivity index (χ0) is 22.4. The van der Waals surface area contributed by atoms with Crippen LogP contribution in [0, 0.1) is 17.0 Å². The Kier molecular flexibility index (Phi) is 7.19. The summed E-state index contributed by atoms with van der Waals surface area (Å²) in [5.41, 5.74) is 3.26. The molecule has 1 N–H and O–H groups in total. The summed E-state index contributed by atoms with van der Waals surface area (Å²) in [6, 6.07) is 11.0. The minimum Gasteiger partial charge on any atom is -0.493 e. The van der Waals surface area contributed by atoms with Gasteiger partial charge in [0.05, 0.1) is 37.3 Å². The lowest BCUT2D eigenvalue weighted by Gasteiger charge is -2.11. The molecule has 1 amide bonds. The van der Waals surface area contributed by atoms with Crippen LogP contribution < -0.4 is 14.8 Å². The second kappa shape index (κ2) is 10.0. The standard InChI is InChI=1S/C22H23N3O5S/c1-14-4-6-15(7-5-14)22-24-17(13-31-22)11-21(26)23-9-8-16-10-19(29-2)20(30-3)12-18(16)25(27)28/h4-7,10,12-13H,8-9,11H2,1-3H3,(H,23,26). The van der Waals surface area contributed by atoms with E-state index in [-0.39, 0.29) is 36.7 Å². The number of benzene rings is 2. The molecule has 3 aromatic rings. The van der Waals surface area contributed by atoms with Gasteiger partial charge in [0.25, 0.3) is 5.69 Å². The van der Waals surface area contributed by atoms with Crippen molar-refractivity contribution in [3.8, 4) is 22.1 Å². The van der Waals surface area contributed by atoms with Crippen LogP contribution in [0.1, 0.15) is 16.8 Å². The van der Waals surface area contributed by atoms with Gasteiger partial charge in [-0.05, 0) is 19.4 Å². The number of nitrogens with zero attached hydrogens (tertiary/aromatic N) is 2. The van der Waals surface area contributed by atoms with Gasteiger partial charge in [-0.25, -0.2) is 4.98 Å². The van der Waals surface area contributed by atoms with Crippen molar-refractivity contribution in [2.24, 2.45) is 0 Å². The van der Waals surface area contributed by atoms with Crippen molar-refractivity contribution >= 4 is 22.9 Å². The fourth-order valence-corrected chi connectivity index (χ4v) is 3.89. The molecule has 3 rings (SSSR count). The van der Waals surface area contributed by atoms with E-state index in [2.05, 4.69) is 10.3 Å². The third kappa shape index (κ3) is 5.58. The third-order valence-corrected chi connectivity index (χ3v) is 5.63. The van der Waals surface area contributed by atoms with Crippen molar-refractivity contribution in [3.05, 3.63) is 68.7 Å². The number of nitro benzene ring substituents is 1. The van der Waals surface area contributed by atoms with Crippen molar-refractivity contribution in [2.45, 2.75) is 19.8 Å². The monoisotopic (exact) mass is 441 g/mol. The number of aryl methyl sites for hydroxylation is 1. The van der Waals surface area contributed by atoms with E-state index in [0.717, 1.165) is 10.6 Å². The zero-order valence-electron chi connectivity index (χ0n) is 17.5. The molecule has 0 spiro atoms. The van der Waals surface area contributed by atoms with Crippen LogP contribution >= 0.6 is 11.3 Å². The van der Waals surface area contributed by atoms with Crippen LogP contribution in [-0.2, 0) is 17.6 Å². The van der Waals surface area contributed by atoms with E-state index in [4.69, 9.17) is 9.47 Å². The fraction of sp³-hybridized carbons (Fsp3) is 0.273. The first-order chi connectivity index (χ1) is 14.9. The van der Waals surface area contributed by atoms with E-state index in [0.29, 0.717) is 17.0 Å². The van der Waals surface area contributed by atoms with Crippen molar-refractivity contribution in [3.63, 3.8) is 0 Å². The maximum Gasteiger partial charge on any atom is 0.276 e. The molecule has 0 saturated heterocycles. The Bertz CT molecular complexity index is 1080. The van der Waals surface area contributed by atoms with E-state index in [1.54, 1.807) is 6.07 Å². The first-order valence-electron chi connectivity index (χ1n) is 9.58. The fourth-order valence-electron chi connectivity index (χ4n) is 3.06. The predicted molar refractivity (Wildman–Crippen MR) is 119 cm³/mol. The molecule has 31 heavy (non-hydrogen) atoms. The molecule has 0 bridgehead atoms. The normalized spacial score (nSPS) is 10.5. The van der Waals surface area contributed by atoms with Crippen LogP contribution in [0.3, 0.4) is 0 Å². The summed E-state index contributed by atoms with van der Waals surface area (Å²) in [4.78, 5) is 27.8. The topological polar surface area (TPSA) is 104 Å². The molecule has 8 nitrogen and oxygen atoms in total. The summed E-state index contributed by atoms with van der Waals surface area (Å²) < 4.78 is 10.3. The lowest BCUT2D eigenvalue weighted by atomic mass is 10.1. The number of carbonyl (C=O) groups is 1. The highest BCUT2D eigenvalue weighted by molar-refractivity contribution is 7.13. The van der Waals surface area contributed by atoms with Gasteiger partial charge in [-0.1, -0.05) is 29.8 Å². The molecule has 162 valence electrons. The number of ether oxygens (including phenoxy) is 2. The maximum absolute atomic E-state index is 12.3. The SMILES string of the molecule is COc1cc(CCNC(=O)Cc2csc(-c3ccc(C)cc3)n2)c([N+](=O)[O-])cc1OC. The Hall–Kier alpha value is -3.46. The maximum atomic E-state index is 12.3. The number of thiazole rings is 1. The molecule has 0 atom stereocenters. The lowest BCUT2D eigenvalue weighted by Crippen LogP contribution is -2.27. The Morgan fingerprint density at radius 3 is 2.48 bits per heavy atom. The average molecular weight is 442 g/mol. The van der Waals surface area contributed by atoms with Crippen LogP contribution in [0.2, 0.25) is 0 Å². The van der Waals surface area contributed by atoms with Gasteiger partial charge < -0.3 is 14.8 Å². The van der Waals surface area contributed by atoms with Gasteiger partial charge in [0.2, 0.25) is 5.91 Å². The molecule has 0 unspecified atom stereocenters. The van der Waals surface area contributed by atoms with E-state index >= 15 is 0 Å². The predicted octanol–water partition coefficient (Wildman–Crippen LogP) is 3.95. The number of aromatic nitrogens is 1. The molecule has 0 aliphatic heterocycles. The Balaban J connectivity index is 1.59. The number of hydrogen-bond acceptors (Lipinski definition) is 7. The quantitative estimate of drug-likeness (QED) is 0.398. The van der Waals surface area contributed by atoms with E-state index < -0.39 is 4.92 Å². The van der Waals surface area contributed by atoms with Crippen LogP contribution in [0.15, 0.2) is 41.8 Å². The molecule has 1 aromatic heterocycles. The minimum absolute atomic E-state index is 0.0749. The zero-order valence-corrected chi connectivity index (χ0v) is 18.3. The van der Waals surface area contributed by atoms with Crippen LogP contribution in [0.4, 0.5) is 5.69 Å². The summed E-state index contributed by atoms with van der Waals surface area (Å²) in [5.74, 6) is 0.499. The number of nitrogens with one attached hydrogen (secondary N) is 1. The first-order valence-corrected chi connectivity index (χ1v) is 10.5. The summed E-state index contributed by atoms with van der Waals surface area (Å²) >= 11 is 1.49. The van der Waals surface area contributed by atoms with E-state index in [1.165, 1.54) is 37.2 Å². The summed E-state index contributed by atoms with van der Waals surface area (Å²) in [6.45, 7) is 2.28. The van der Waals surface area contributed by atoms with Crippen molar-refractivity contribution in [1.82, 2.24) is 10.3 Å². The summed E-state index contributed by atoms with van der Waals surface area (Å²) in [6.07, 6.45) is 0.435. The van der Waals surface area contributed by atoms with Crippen molar-refractivity contribution < 1.29 is 19.2 Å². The highest BCUT2D eigenvalue weighted by Gasteiger charge is 2.19. The van der Waals surface area contributed by atoms with Crippen LogP contribution in [0.5, 0.6) is 11.5 Å².